The number of esters is 2. The molecular formula is C32H62O8. The third-order valence-electron chi connectivity index (χ3n) is 6.42. The SMILES string of the molecule is CCCCCCCC(=O)OCC(O)CO.CCCCCCCC/C=C\CCCCCCCC(=O)OCC(O)CO. The molecule has 0 spiro atoms. The summed E-state index contributed by atoms with van der Waals surface area (Å²) in [5.41, 5.74) is 0. The van der Waals surface area contributed by atoms with Crippen LogP contribution in [-0.4, -0.2) is 71.0 Å². The molecule has 40 heavy (non-hydrogen) atoms. The fourth-order valence-electron chi connectivity index (χ4n) is 3.84. The van der Waals surface area contributed by atoms with Crippen LogP contribution in [0, 0.1) is 0 Å². The van der Waals surface area contributed by atoms with E-state index >= 15 is 0 Å². The van der Waals surface area contributed by atoms with Crippen LogP contribution in [-0.2, 0) is 19.1 Å². The second kappa shape index (κ2) is 33.7. The number of aliphatic hydroxyl groups is 4. The standard InChI is InChI=1S/C21H40O4.C11H22O4/c1-2-3-4-5-6-7-8-9-10-11-12-13-14-15-16-17-21(24)25-19-20(23)18-22;1-2-3-4-5-6-7-11(14)15-9-10(13)8-12/h9-10,20,22-23H,2-8,11-19H2,1H3;10,12-13H,2-9H2,1H3/b10-9-;. The Morgan fingerprint density at radius 2 is 0.875 bits per heavy atom. The van der Waals surface area contributed by atoms with Crippen molar-refractivity contribution in [2.45, 2.75) is 154 Å². The highest BCUT2D eigenvalue weighted by Crippen LogP contribution is 2.10. The third kappa shape index (κ3) is 34.5. The highest BCUT2D eigenvalue weighted by molar-refractivity contribution is 5.69. The van der Waals surface area contributed by atoms with Gasteiger partial charge >= 0.3 is 11.9 Å². The van der Waals surface area contributed by atoms with Gasteiger partial charge in [0.1, 0.15) is 25.4 Å². The van der Waals surface area contributed by atoms with Gasteiger partial charge in [0.15, 0.2) is 0 Å². The van der Waals surface area contributed by atoms with E-state index in [0.717, 1.165) is 44.9 Å². The molecule has 238 valence electrons. The van der Waals surface area contributed by atoms with Crippen molar-refractivity contribution in [3.63, 3.8) is 0 Å². The van der Waals surface area contributed by atoms with E-state index in [1.54, 1.807) is 0 Å². The number of unbranched alkanes of at least 4 members (excludes halogenated alkanes) is 15. The number of hydrogen-bond acceptors (Lipinski definition) is 8. The quantitative estimate of drug-likeness (QED) is 0.0520. The topological polar surface area (TPSA) is 134 Å². The summed E-state index contributed by atoms with van der Waals surface area (Å²) in [5, 5.41) is 35.1. The minimum atomic E-state index is -0.960. The Morgan fingerprint density at radius 1 is 0.550 bits per heavy atom. The molecule has 0 saturated carbocycles. The van der Waals surface area contributed by atoms with Crippen molar-refractivity contribution >= 4 is 11.9 Å². The van der Waals surface area contributed by atoms with Gasteiger partial charge in [0, 0.05) is 12.8 Å². The Hall–Kier alpha value is -1.48. The summed E-state index contributed by atoms with van der Waals surface area (Å²) in [5.74, 6) is -0.580. The Bertz CT molecular complexity index is 567. The third-order valence-corrected chi connectivity index (χ3v) is 6.42. The molecule has 0 heterocycles. The lowest BCUT2D eigenvalue weighted by atomic mass is 10.1. The molecule has 4 N–H and O–H groups in total. The lowest BCUT2D eigenvalue weighted by molar-refractivity contribution is -0.148. The maximum Gasteiger partial charge on any atom is 0.305 e. The van der Waals surface area contributed by atoms with E-state index in [9.17, 15) is 9.59 Å². The predicted octanol–water partition coefficient (Wildman–Crippen LogP) is 6.16. The molecular weight excluding hydrogens is 512 g/mol. The fraction of sp³-hybridized carbons (Fsp3) is 0.875. The van der Waals surface area contributed by atoms with Gasteiger partial charge in [-0.15, -0.1) is 0 Å². The molecule has 0 aliphatic heterocycles. The van der Waals surface area contributed by atoms with Crippen molar-refractivity contribution in [1.29, 1.82) is 0 Å². The van der Waals surface area contributed by atoms with E-state index in [1.807, 2.05) is 0 Å². The maximum atomic E-state index is 11.4. The van der Waals surface area contributed by atoms with Crippen molar-refractivity contribution in [3.05, 3.63) is 12.2 Å². The number of aliphatic hydroxyl groups excluding tert-OH is 4. The van der Waals surface area contributed by atoms with Gasteiger partial charge in [-0.2, -0.15) is 0 Å². The zero-order valence-electron chi connectivity index (χ0n) is 25.7. The molecule has 0 bridgehead atoms. The van der Waals surface area contributed by atoms with Gasteiger partial charge in [0.25, 0.3) is 0 Å². The summed E-state index contributed by atoms with van der Waals surface area (Å²) < 4.78 is 9.61. The lowest BCUT2D eigenvalue weighted by Crippen LogP contribution is -2.21. The molecule has 0 aromatic heterocycles. The molecule has 8 nitrogen and oxygen atoms in total. The Labute approximate surface area is 244 Å². The second-order valence-corrected chi connectivity index (χ2v) is 10.5. The van der Waals surface area contributed by atoms with Crippen LogP contribution in [0.2, 0.25) is 0 Å². The molecule has 2 atom stereocenters. The number of ether oxygens (including phenoxy) is 2. The predicted molar refractivity (Wildman–Crippen MR) is 161 cm³/mol. The first-order valence-electron chi connectivity index (χ1n) is 15.9. The fourth-order valence-corrected chi connectivity index (χ4v) is 3.84. The molecule has 0 aliphatic rings. The summed E-state index contributed by atoms with van der Waals surface area (Å²) in [4.78, 5) is 22.5. The van der Waals surface area contributed by atoms with E-state index in [-0.39, 0.29) is 38.4 Å². The molecule has 0 rings (SSSR count). The molecule has 0 radical (unpaired) electrons. The summed E-state index contributed by atoms with van der Waals surface area (Å²) in [7, 11) is 0. The number of carbonyl (C=O) groups excluding carboxylic acids is 2. The van der Waals surface area contributed by atoms with Crippen molar-refractivity contribution in [2.75, 3.05) is 26.4 Å². The van der Waals surface area contributed by atoms with Gasteiger partial charge in [0.2, 0.25) is 0 Å². The van der Waals surface area contributed by atoms with Gasteiger partial charge in [-0.3, -0.25) is 9.59 Å². The average molecular weight is 575 g/mol. The van der Waals surface area contributed by atoms with Crippen LogP contribution >= 0.6 is 0 Å². The number of rotatable bonds is 27. The first kappa shape index (κ1) is 40.7. The number of carbonyl (C=O) groups is 2. The normalized spacial score (nSPS) is 12.6. The lowest BCUT2D eigenvalue weighted by Gasteiger charge is -2.08. The Kier molecular flexibility index (Phi) is 34.3. The smallest absolute Gasteiger partial charge is 0.305 e. The molecule has 0 amide bonds. The van der Waals surface area contributed by atoms with Crippen LogP contribution in [0.15, 0.2) is 12.2 Å². The summed E-state index contributed by atoms with van der Waals surface area (Å²) in [6.45, 7) is 3.43. The molecule has 0 saturated heterocycles. The van der Waals surface area contributed by atoms with Crippen molar-refractivity contribution in [1.82, 2.24) is 0 Å². The minimum absolute atomic E-state index is 0.107. The molecule has 0 aromatic rings. The van der Waals surface area contributed by atoms with Gasteiger partial charge in [0.05, 0.1) is 13.2 Å². The van der Waals surface area contributed by atoms with Gasteiger partial charge < -0.3 is 29.9 Å². The highest BCUT2D eigenvalue weighted by atomic mass is 16.5. The van der Waals surface area contributed by atoms with Crippen LogP contribution < -0.4 is 0 Å². The van der Waals surface area contributed by atoms with Crippen molar-refractivity contribution in [3.8, 4) is 0 Å². The monoisotopic (exact) mass is 574 g/mol. The molecule has 0 fully saturated rings. The van der Waals surface area contributed by atoms with E-state index in [0.29, 0.717) is 12.8 Å². The zero-order chi connectivity index (χ0) is 30.1. The number of hydrogen-bond donors (Lipinski definition) is 4. The maximum absolute atomic E-state index is 11.4. The van der Waals surface area contributed by atoms with Gasteiger partial charge in [-0.25, -0.2) is 0 Å². The van der Waals surface area contributed by atoms with Crippen LogP contribution in [0.5, 0.6) is 0 Å². The summed E-state index contributed by atoms with van der Waals surface area (Å²) in [6.07, 6.45) is 25.0. The molecule has 8 heteroatoms. The Balaban J connectivity index is 0. The van der Waals surface area contributed by atoms with Crippen LogP contribution in [0.25, 0.3) is 0 Å². The van der Waals surface area contributed by atoms with E-state index in [1.165, 1.54) is 70.6 Å². The van der Waals surface area contributed by atoms with Crippen molar-refractivity contribution < 1.29 is 39.5 Å². The second-order valence-electron chi connectivity index (χ2n) is 10.5. The van der Waals surface area contributed by atoms with E-state index in [4.69, 9.17) is 29.9 Å². The van der Waals surface area contributed by atoms with Crippen LogP contribution in [0.3, 0.4) is 0 Å². The summed E-state index contributed by atoms with van der Waals surface area (Å²) >= 11 is 0. The van der Waals surface area contributed by atoms with Gasteiger partial charge in [-0.1, -0.05) is 103 Å². The molecule has 2 unspecified atom stereocenters. The number of allylic oxidation sites excluding steroid dienone is 2. The van der Waals surface area contributed by atoms with Crippen molar-refractivity contribution in [2.24, 2.45) is 0 Å². The summed E-state index contributed by atoms with van der Waals surface area (Å²) in [6, 6.07) is 0. The first-order valence-corrected chi connectivity index (χ1v) is 15.9. The minimum Gasteiger partial charge on any atom is -0.463 e. The van der Waals surface area contributed by atoms with Crippen LogP contribution in [0.1, 0.15) is 142 Å². The highest BCUT2D eigenvalue weighted by Gasteiger charge is 2.08. The van der Waals surface area contributed by atoms with Gasteiger partial charge in [-0.05, 0) is 38.5 Å². The zero-order valence-corrected chi connectivity index (χ0v) is 25.7. The first-order chi connectivity index (χ1) is 19.4. The van der Waals surface area contributed by atoms with Crippen LogP contribution in [0.4, 0.5) is 0 Å². The van der Waals surface area contributed by atoms with E-state index < -0.39 is 12.2 Å². The molecule has 0 aromatic carbocycles. The largest absolute Gasteiger partial charge is 0.463 e. The average Bonchev–Trinajstić information content (AvgIpc) is 2.96. The van der Waals surface area contributed by atoms with E-state index in [2.05, 4.69) is 26.0 Å². The Morgan fingerprint density at radius 3 is 1.23 bits per heavy atom. The molecule has 0 aliphatic carbocycles.